The topological polar surface area (TPSA) is 49.8 Å². The van der Waals surface area contributed by atoms with Crippen molar-refractivity contribution in [3.63, 3.8) is 0 Å². The number of aliphatic carboxylic acids is 1. The molecule has 1 atom stereocenters. The van der Waals surface area contributed by atoms with Crippen molar-refractivity contribution in [3.05, 3.63) is 0 Å². The molecule has 1 fully saturated rings. The van der Waals surface area contributed by atoms with Gasteiger partial charge in [0.1, 0.15) is 6.04 Å². The van der Waals surface area contributed by atoms with Gasteiger partial charge in [-0.25, -0.2) is 0 Å². The lowest BCUT2D eigenvalue weighted by Gasteiger charge is -2.33. The van der Waals surface area contributed by atoms with E-state index >= 15 is 0 Å². The van der Waals surface area contributed by atoms with E-state index in [-0.39, 0.29) is 0 Å². The Labute approximate surface area is 78.5 Å². The van der Waals surface area contributed by atoms with Gasteiger partial charge in [0.05, 0.1) is 0 Å². The Bertz CT molecular complexity index is 178. The van der Waals surface area contributed by atoms with Crippen LogP contribution in [0.4, 0.5) is 0 Å². The van der Waals surface area contributed by atoms with Gasteiger partial charge >= 0.3 is 5.97 Å². The smallest absolute Gasteiger partial charge is 0.320 e. The summed E-state index contributed by atoms with van der Waals surface area (Å²) < 4.78 is 5.22. The van der Waals surface area contributed by atoms with Crippen LogP contribution in [0.25, 0.3) is 0 Å². The van der Waals surface area contributed by atoms with Crippen LogP contribution in [0, 0.1) is 0 Å². The molecular formula is C9H17NO3. The summed E-state index contributed by atoms with van der Waals surface area (Å²) in [5, 5.41) is 8.81. The lowest BCUT2D eigenvalue weighted by Crippen LogP contribution is -2.45. The third-order valence-corrected chi connectivity index (χ3v) is 2.74. The molecule has 1 aliphatic rings. The first-order chi connectivity index (χ1) is 6.13. The zero-order valence-corrected chi connectivity index (χ0v) is 8.19. The van der Waals surface area contributed by atoms with Crippen molar-refractivity contribution in [2.24, 2.45) is 0 Å². The van der Waals surface area contributed by atoms with E-state index in [9.17, 15) is 4.79 Å². The monoisotopic (exact) mass is 187 g/mol. The zero-order chi connectivity index (χ0) is 9.84. The fourth-order valence-corrected chi connectivity index (χ4v) is 1.58. The second-order valence-corrected chi connectivity index (χ2v) is 3.52. The summed E-state index contributed by atoms with van der Waals surface area (Å²) in [4.78, 5) is 12.6. The summed E-state index contributed by atoms with van der Waals surface area (Å²) in [6.45, 7) is 3.22. The maximum atomic E-state index is 10.7. The number of nitrogens with zero attached hydrogens (tertiary/aromatic N) is 1. The van der Waals surface area contributed by atoms with Gasteiger partial charge < -0.3 is 9.84 Å². The van der Waals surface area contributed by atoms with Crippen LogP contribution in [0.15, 0.2) is 0 Å². The van der Waals surface area contributed by atoms with Gasteiger partial charge in [-0.15, -0.1) is 0 Å². The van der Waals surface area contributed by atoms with Gasteiger partial charge in [0.15, 0.2) is 0 Å². The summed E-state index contributed by atoms with van der Waals surface area (Å²) in [6, 6.07) is -0.0389. The molecule has 4 nitrogen and oxygen atoms in total. The minimum Gasteiger partial charge on any atom is -0.480 e. The molecule has 1 unspecified atom stereocenters. The number of carbonyl (C=O) groups is 1. The van der Waals surface area contributed by atoms with E-state index in [1.54, 1.807) is 6.92 Å². The molecule has 1 rings (SSSR count). The molecular weight excluding hydrogens is 170 g/mol. The minimum atomic E-state index is -0.756. The average molecular weight is 187 g/mol. The van der Waals surface area contributed by atoms with E-state index in [1.165, 1.54) is 0 Å². The summed E-state index contributed by atoms with van der Waals surface area (Å²) in [5.41, 5.74) is 0. The molecule has 13 heavy (non-hydrogen) atoms. The normalized spacial score (nSPS) is 21.8. The van der Waals surface area contributed by atoms with Crippen molar-refractivity contribution >= 4 is 5.97 Å². The summed E-state index contributed by atoms with van der Waals surface area (Å²) in [5.74, 6) is -0.756. The number of ether oxygens (including phenoxy) is 1. The predicted octanol–water partition coefficient (Wildman–Crippen LogP) is 0.570. The first kappa shape index (κ1) is 10.5. The Kier molecular flexibility index (Phi) is 3.69. The van der Waals surface area contributed by atoms with Crippen molar-refractivity contribution < 1.29 is 14.6 Å². The van der Waals surface area contributed by atoms with Crippen LogP contribution in [0.1, 0.15) is 19.8 Å². The van der Waals surface area contributed by atoms with Gasteiger partial charge in [-0.1, -0.05) is 0 Å². The molecule has 1 N–H and O–H groups in total. The van der Waals surface area contributed by atoms with E-state index in [4.69, 9.17) is 9.84 Å². The van der Waals surface area contributed by atoms with Crippen LogP contribution in [0.3, 0.4) is 0 Å². The van der Waals surface area contributed by atoms with Crippen molar-refractivity contribution in [2.45, 2.75) is 31.8 Å². The number of rotatable bonds is 3. The Morgan fingerprint density at radius 3 is 2.54 bits per heavy atom. The molecule has 76 valence electrons. The number of hydrogen-bond donors (Lipinski definition) is 1. The summed E-state index contributed by atoms with van der Waals surface area (Å²) in [6.07, 6.45) is 1.88. The number of carboxylic acid groups (broad SMARTS) is 1. The van der Waals surface area contributed by atoms with Crippen LogP contribution in [0.5, 0.6) is 0 Å². The molecule has 0 bridgehead atoms. The summed E-state index contributed by atoms with van der Waals surface area (Å²) in [7, 11) is 1.87. The maximum Gasteiger partial charge on any atom is 0.320 e. The Morgan fingerprint density at radius 1 is 1.54 bits per heavy atom. The number of carboxylic acids is 1. The van der Waals surface area contributed by atoms with E-state index in [2.05, 4.69) is 0 Å². The van der Waals surface area contributed by atoms with Crippen LogP contribution < -0.4 is 0 Å². The lowest BCUT2D eigenvalue weighted by molar-refractivity contribution is -0.143. The molecule has 1 saturated heterocycles. The second kappa shape index (κ2) is 4.58. The molecule has 0 radical (unpaired) electrons. The average Bonchev–Trinajstić information content (AvgIpc) is 2.17. The van der Waals surface area contributed by atoms with Crippen LogP contribution in [-0.2, 0) is 9.53 Å². The van der Waals surface area contributed by atoms with Crippen molar-refractivity contribution in [1.29, 1.82) is 0 Å². The fraction of sp³-hybridized carbons (Fsp3) is 0.889. The van der Waals surface area contributed by atoms with E-state index in [1.807, 2.05) is 11.9 Å². The molecule has 0 aromatic rings. The highest BCUT2D eigenvalue weighted by Gasteiger charge is 2.25. The molecule has 0 amide bonds. The van der Waals surface area contributed by atoms with Crippen LogP contribution in [-0.4, -0.2) is 48.3 Å². The predicted molar refractivity (Wildman–Crippen MR) is 48.7 cm³/mol. The SMILES string of the molecule is CC(C(=O)O)N(C)C1CCOCC1. The van der Waals surface area contributed by atoms with Crippen molar-refractivity contribution in [2.75, 3.05) is 20.3 Å². The minimum absolute atomic E-state index is 0.361. The van der Waals surface area contributed by atoms with Gasteiger partial charge in [-0.2, -0.15) is 0 Å². The Morgan fingerprint density at radius 2 is 2.08 bits per heavy atom. The zero-order valence-electron chi connectivity index (χ0n) is 8.19. The van der Waals surface area contributed by atoms with Crippen LogP contribution >= 0.6 is 0 Å². The van der Waals surface area contributed by atoms with Crippen molar-refractivity contribution in [3.8, 4) is 0 Å². The van der Waals surface area contributed by atoms with E-state index < -0.39 is 12.0 Å². The van der Waals surface area contributed by atoms with Gasteiger partial charge in [-0.05, 0) is 26.8 Å². The quantitative estimate of drug-likeness (QED) is 0.701. The molecule has 0 aromatic heterocycles. The maximum absolute atomic E-state index is 10.7. The third-order valence-electron chi connectivity index (χ3n) is 2.74. The molecule has 0 aromatic carbocycles. The highest BCUT2D eigenvalue weighted by Crippen LogP contribution is 2.15. The molecule has 0 aliphatic carbocycles. The fourth-order valence-electron chi connectivity index (χ4n) is 1.58. The summed E-state index contributed by atoms with van der Waals surface area (Å²) >= 11 is 0. The third kappa shape index (κ3) is 2.67. The highest BCUT2D eigenvalue weighted by atomic mass is 16.5. The first-order valence-electron chi connectivity index (χ1n) is 4.65. The number of hydrogen-bond acceptors (Lipinski definition) is 3. The van der Waals surface area contributed by atoms with Crippen LogP contribution in [0.2, 0.25) is 0 Å². The molecule has 4 heteroatoms. The largest absolute Gasteiger partial charge is 0.480 e. The Hall–Kier alpha value is -0.610. The molecule has 0 saturated carbocycles. The molecule has 1 aliphatic heterocycles. The van der Waals surface area contributed by atoms with Gasteiger partial charge in [-0.3, -0.25) is 9.69 Å². The van der Waals surface area contributed by atoms with Gasteiger partial charge in [0, 0.05) is 19.3 Å². The second-order valence-electron chi connectivity index (χ2n) is 3.52. The number of likely N-dealkylation sites (N-methyl/N-ethyl adjacent to an activating group) is 1. The van der Waals surface area contributed by atoms with Crippen molar-refractivity contribution in [1.82, 2.24) is 4.90 Å². The first-order valence-corrected chi connectivity index (χ1v) is 4.65. The van der Waals surface area contributed by atoms with E-state index in [0.29, 0.717) is 6.04 Å². The standard InChI is InChI=1S/C9H17NO3/c1-7(9(11)12)10(2)8-3-5-13-6-4-8/h7-8H,3-6H2,1-2H3,(H,11,12). The lowest BCUT2D eigenvalue weighted by atomic mass is 10.1. The molecule has 1 heterocycles. The van der Waals surface area contributed by atoms with Gasteiger partial charge in [0.25, 0.3) is 0 Å². The highest BCUT2D eigenvalue weighted by molar-refractivity contribution is 5.72. The van der Waals surface area contributed by atoms with E-state index in [0.717, 1.165) is 26.1 Å². The molecule has 0 spiro atoms. The Balaban J connectivity index is 2.44. The van der Waals surface area contributed by atoms with Gasteiger partial charge in [0.2, 0.25) is 0 Å².